The Kier molecular flexibility index (Phi) is 8.68. The maximum absolute atomic E-state index is 13.0. The molecule has 2 amide bonds. The van der Waals surface area contributed by atoms with Crippen molar-refractivity contribution in [2.75, 3.05) is 51.2 Å². The van der Waals surface area contributed by atoms with Crippen LogP contribution in [0.2, 0.25) is 0 Å². The quantitative estimate of drug-likeness (QED) is 0.570. The summed E-state index contributed by atoms with van der Waals surface area (Å²) in [6.07, 6.45) is 2.63. The molecule has 2 saturated heterocycles. The lowest BCUT2D eigenvalue weighted by atomic mass is 10.2. The number of halogens is 1. The first-order valence-electron chi connectivity index (χ1n) is 12.1. The number of carbonyl (C=O) groups is 2. The van der Waals surface area contributed by atoms with Crippen LogP contribution in [0.3, 0.4) is 0 Å². The number of hydrogen-bond acceptors (Lipinski definition) is 6. The zero-order valence-corrected chi connectivity index (χ0v) is 20.0. The van der Waals surface area contributed by atoms with E-state index in [1.807, 2.05) is 0 Å². The van der Waals surface area contributed by atoms with Gasteiger partial charge in [-0.2, -0.15) is 0 Å². The van der Waals surface area contributed by atoms with Gasteiger partial charge in [-0.3, -0.25) is 19.4 Å². The highest BCUT2D eigenvalue weighted by atomic mass is 19.1. The van der Waals surface area contributed by atoms with E-state index >= 15 is 0 Å². The maximum atomic E-state index is 13.0. The van der Waals surface area contributed by atoms with E-state index in [1.54, 1.807) is 43.3 Å². The summed E-state index contributed by atoms with van der Waals surface area (Å²) in [6.45, 7) is 7.28. The number of anilines is 1. The number of nitrogens with zero attached hydrogens (tertiary/aromatic N) is 2. The standard InChI is InChI=1S/C26H33FN4O4/c1-19(28-25(32)18-31-14-12-30(13-15-31)17-24-3-2-16-34-24)26(33)29-21-6-10-23(11-7-21)35-22-8-4-20(27)5-9-22/h4-11,19,24H,2-3,12-18H2,1H3,(H,28,32)(H,29,33). The van der Waals surface area contributed by atoms with Gasteiger partial charge in [0.15, 0.2) is 0 Å². The Morgan fingerprint density at radius 1 is 1.03 bits per heavy atom. The molecule has 2 aliphatic heterocycles. The molecular weight excluding hydrogens is 451 g/mol. The highest BCUT2D eigenvalue weighted by Gasteiger charge is 2.24. The van der Waals surface area contributed by atoms with Gasteiger partial charge in [0.05, 0.1) is 12.6 Å². The van der Waals surface area contributed by atoms with Crippen LogP contribution in [0.5, 0.6) is 11.5 Å². The average molecular weight is 485 g/mol. The number of amides is 2. The van der Waals surface area contributed by atoms with E-state index in [0.717, 1.165) is 52.2 Å². The maximum Gasteiger partial charge on any atom is 0.246 e. The third-order valence-electron chi connectivity index (χ3n) is 6.26. The molecule has 0 saturated carbocycles. The van der Waals surface area contributed by atoms with Crippen molar-refractivity contribution in [2.24, 2.45) is 0 Å². The summed E-state index contributed by atoms with van der Waals surface area (Å²) in [5.41, 5.74) is 0.588. The molecule has 35 heavy (non-hydrogen) atoms. The summed E-state index contributed by atoms with van der Waals surface area (Å²) in [5, 5.41) is 5.58. The predicted molar refractivity (Wildman–Crippen MR) is 131 cm³/mol. The van der Waals surface area contributed by atoms with Crippen molar-refractivity contribution in [1.29, 1.82) is 0 Å². The molecule has 2 N–H and O–H groups in total. The highest BCUT2D eigenvalue weighted by molar-refractivity contribution is 5.97. The van der Waals surface area contributed by atoms with Gasteiger partial charge in [0, 0.05) is 45.0 Å². The van der Waals surface area contributed by atoms with E-state index in [9.17, 15) is 14.0 Å². The summed E-state index contributed by atoms with van der Waals surface area (Å²) in [7, 11) is 0. The first-order chi connectivity index (χ1) is 16.9. The van der Waals surface area contributed by atoms with E-state index in [0.29, 0.717) is 23.3 Å². The Labute approximate surface area is 205 Å². The number of ether oxygens (including phenoxy) is 2. The molecule has 2 unspecified atom stereocenters. The van der Waals surface area contributed by atoms with Crippen molar-refractivity contribution in [3.8, 4) is 11.5 Å². The predicted octanol–water partition coefficient (Wildman–Crippen LogP) is 2.86. The van der Waals surface area contributed by atoms with Crippen LogP contribution >= 0.6 is 0 Å². The lowest BCUT2D eigenvalue weighted by Crippen LogP contribution is -2.52. The smallest absolute Gasteiger partial charge is 0.246 e. The minimum atomic E-state index is -0.668. The fraction of sp³-hybridized carbons (Fsp3) is 0.462. The van der Waals surface area contributed by atoms with Gasteiger partial charge in [0.1, 0.15) is 23.4 Å². The highest BCUT2D eigenvalue weighted by Crippen LogP contribution is 2.23. The van der Waals surface area contributed by atoms with E-state index in [1.165, 1.54) is 12.1 Å². The van der Waals surface area contributed by atoms with Gasteiger partial charge < -0.3 is 20.1 Å². The molecule has 4 rings (SSSR count). The number of carbonyl (C=O) groups excluding carboxylic acids is 2. The number of nitrogens with one attached hydrogen (secondary N) is 2. The third-order valence-corrected chi connectivity index (χ3v) is 6.26. The molecule has 9 heteroatoms. The van der Waals surface area contributed by atoms with E-state index in [4.69, 9.17) is 9.47 Å². The Hall–Kier alpha value is -3.01. The fourth-order valence-electron chi connectivity index (χ4n) is 4.26. The van der Waals surface area contributed by atoms with Crippen LogP contribution in [0.4, 0.5) is 10.1 Å². The molecule has 2 fully saturated rings. The zero-order chi connectivity index (χ0) is 24.6. The second-order valence-electron chi connectivity index (χ2n) is 9.07. The van der Waals surface area contributed by atoms with Crippen molar-refractivity contribution in [1.82, 2.24) is 15.1 Å². The summed E-state index contributed by atoms with van der Waals surface area (Å²) >= 11 is 0. The third kappa shape index (κ3) is 7.74. The SMILES string of the molecule is CC(NC(=O)CN1CCN(CC2CCCO2)CC1)C(=O)Nc1ccc(Oc2ccc(F)cc2)cc1. The van der Waals surface area contributed by atoms with Crippen molar-refractivity contribution in [3.63, 3.8) is 0 Å². The van der Waals surface area contributed by atoms with Crippen LogP contribution in [0.1, 0.15) is 19.8 Å². The first kappa shape index (κ1) is 25.1. The van der Waals surface area contributed by atoms with Crippen LogP contribution < -0.4 is 15.4 Å². The molecule has 8 nitrogen and oxygen atoms in total. The zero-order valence-electron chi connectivity index (χ0n) is 20.0. The van der Waals surface area contributed by atoms with Crippen LogP contribution in [0.15, 0.2) is 48.5 Å². The number of hydrogen-bond donors (Lipinski definition) is 2. The monoisotopic (exact) mass is 484 g/mol. The summed E-state index contributed by atoms with van der Waals surface area (Å²) < 4.78 is 24.4. The molecule has 2 aliphatic rings. The minimum Gasteiger partial charge on any atom is -0.457 e. The first-order valence-corrected chi connectivity index (χ1v) is 12.1. The normalized spacial score (nSPS) is 19.8. The average Bonchev–Trinajstić information content (AvgIpc) is 3.36. The van der Waals surface area contributed by atoms with Crippen molar-refractivity contribution < 1.29 is 23.5 Å². The van der Waals surface area contributed by atoms with E-state index in [-0.39, 0.29) is 24.2 Å². The van der Waals surface area contributed by atoms with Crippen LogP contribution in [0, 0.1) is 5.82 Å². The second kappa shape index (κ2) is 12.1. The van der Waals surface area contributed by atoms with Crippen LogP contribution in [0.25, 0.3) is 0 Å². The fourth-order valence-corrected chi connectivity index (χ4v) is 4.26. The van der Waals surface area contributed by atoms with Gasteiger partial charge >= 0.3 is 0 Å². The molecule has 188 valence electrons. The molecule has 2 heterocycles. The van der Waals surface area contributed by atoms with Crippen LogP contribution in [-0.4, -0.2) is 79.6 Å². The van der Waals surface area contributed by atoms with Gasteiger partial charge in [-0.25, -0.2) is 4.39 Å². The topological polar surface area (TPSA) is 83.1 Å². The summed E-state index contributed by atoms with van der Waals surface area (Å²) in [4.78, 5) is 29.5. The van der Waals surface area contributed by atoms with Gasteiger partial charge in [-0.15, -0.1) is 0 Å². The molecule has 2 aromatic carbocycles. The number of piperazine rings is 1. The van der Waals surface area contributed by atoms with Gasteiger partial charge in [-0.1, -0.05) is 0 Å². The van der Waals surface area contributed by atoms with Crippen molar-refractivity contribution in [2.45, 2.75) is 31.9 Å². The molecule has 2 atom stereocenters. The Bertz CT molecular complexity index is 972. The van der Waals surface area contributed by atoms with E-state index < -0.39 is 6.04 Å². The minimum absolute atomic E-state index is 0.164. The molecule has 0 aliphatic carbocycles. The molecule has 0 aromatic heterocycles. The van der Waals surface area contributed by atoms with Crippen molar-refractivity contribution in [3.05, 3.63) is 54.3 Å². The largest absolute Gasteiger partial charge is 0.457 e. The van der Waals surface area contributed by atoms with Crippen LogP contribution in [-0.2, 0) is 14.3 Å². The summed E-state index contributed by atoms with van der Waals surface area (Å²) in [6, 6.07) is 11.9. The Morgan fingerprint density at radius 2 is 1.66 bits per heavy atom. The molecule has 0 bridgehead atoms. The Morgan fingerprint density at radius 3 is 2.29 bits per heavy atom. The molecule has 0 spiro atoms. The Balaban J connectivity index is 1.16. The van der Waals surface area contributed by atoms with Gasteiger partial charge in [0.2, 0.25) is 11.8 Å². The van der Waals surface area contributed by atoms with Gasteiger partial charge in [0.25, 0.3) is 0 Å². The number of rotatable bonds is 9. The number of benzene rings is 2. The van der Waals surface area contributed by atoms with Crippen molar-refractivity contribution >= 4 is 17.5 Å². The summed E-state index contributed by atoms with van der Waals surface area (Å²) in [5.74, 6) is 0.287. The second-order valence-corrected chi connectivity index (χ2v) is 9.07. The molecular formula is C26H33FN4O4. The lowest BCUT2D eigenvalue weighted by molar-refractivity contribution is -0.127. The lowest BCUT2D eigenvalue weighted by Gasteiger charge is -2.35. The van der Waals surface area contributed by atoms with Gasteiger partial charge in [-0.05, 0) is 68.3 Å². The van der Waals surface area contributed by atoms with E-state index in [2.05, 4.69) is 20.4 Å². The molecule has 2 aromatic rings. The molecule has 0 radical (unpaired) electrons.